The Morgan fingerprint density at radius 3 is 0.917 bits per heavy atom. The molecule has 4 nitrogen and oxygen atoms in total. The molecule has 6 heteroatoms. The molecule has 0 heterocycles. The summed E-state index contributed by atoms with van der Waals surface area (Å²) in [5.41, 5.74) is 2.55. The Balaban J connectivity index is 0.000000377. The van der Waals surface area contributed by atoms with E-state index in [1.54, 1.807) is 28.4 Å². The molecule has 2 rings (SSSR count). The zero-order valence-electron chi connectivity index (χ0n) is 15.3. The first-order valence-electron chi connectivity index (χ1n) is 7.33. The lowest BCUT2D eigenvalue weighted by molar-refractivity contribution is 0.345. The summed E-state index contributed by atoms with van der Waals surface area (Å²) in [6.45, 7) is 3.80. The predicted molar refractivity (Wildman–Crippen MR) is 106 cm³/mol. The smallest absolute Gasteiger partial charge is 0.166 e. The average molecular weight is 370 g/mol. The van der Waals surface area contributed by atoms with Crippen LogP contribution in [0, 0.1) is 0 Å². The molecule has 0 N–H and O–H groups in total. The lowest BCUT2D eigenvalue weighted by Crippen LogP contribution is -1.74. The van der Waals surface area contributed by atoms with Crippen molar-refractivity contribution >= 4 is 16.8 Å². The van der Waals surface area contributed by atoms with E-state index in [4.69, 9.17) is 18.1 Å². The van der Waals surface area contributed by atoms with Crippen LogP contribution in [-0.2, 0) is 18.1 Å². The van der Waals surface area contributed by atoms with Gasteiger partial charge in [-0.15, -0.1) is 0 Å². The second-order valence-electron chi connectivity index (χ2n) is 4.34. The maximum Gasteiger partial charge on any atom is 0.166 e. The molecular formula is C18H28O4P2. The van der Waals surface area contributed by atoms with E-state index in [1.165, 1.54) is 11.1 Å². The van der Waals surface area contributed by atoms with Crippen LogP contribution in [0.2, 0.25) is 0 Å². The van der Waals surface area contributed by atoms with Crippen molar-refractivity contribution in [2.75, 3.05) is 41.8 Å². The van der Waals surface area contributed by atoms with Crippen LogP contribution in [0.4, 0.5) is 0 Å². The Hall–Kier alpha value is -0.860. The van der Waals surface area contributed by atoms with Gasteiger partial charge in [0.1, 0.15) is 0 Å². The van der Waals surface area contributed by atoms with Gasteiger partial charge < -0.3 is 18.1 Å². The number of hydrogen-bond acceptors (Lipinski definition) is 4. The molecule has 0 atom stereocenters. The van der Waals surface area contributed by atoms with E-state index in [0.717, 1.165) is 0 Å². The topological polar surface area (TPSA) is 36.9 Å². The van der Waals surface area contributed by atoms with E-state index in [0.29, 0.717) is 0 Å². The molecule has 24 heavy (non-hydrogen) atoms. The lowest BCUT2D eigenvalue weighted by atomic mass is 10.1. The highest BCUT2D eigenvalue weighted by Crippen LogP contribution is 2.29. The summed E-state index contributed by atoms with van der Waals surface area (Å²) in [4.78, 5) is 0. The van der Waals surface area contributed by atoms with Crippen molar-refractivity contribution in [2.24, 2.45) is 0 Å². The third kappa shape index (κ3) is 11.6. The van der Waals surface area contributed by atoms with Crippen LogP contribution in [0.3, 0.4) is 0 Å². The van der Waals surface area contributed by atoms with Gasteiger partial charge in [0.15, 0.2) is 16.8 Å². The Bertz CT molecular complexity index is 441. The van der Waals surface area contributed by atoms with Crippen molar-refractivity contribution in [3.8, 4) is 11.1 Å². The maximum absolute atomic E-state index is 4.74. The van der Waals surface area contributed by atoms with Gasteiger partial charge >= 0.3 is 0 Å². The normalized spacial score (nSPS) is 9.83. The molecule has 2 aromatic carbocycles. The van der Waals surface area contributed by atoms with E-state index in [-0.39, 0.29) is 0 Å². The van der Waals surface area contributed by atoms with Crippen molar-refractivity contribution in [1.29, 1.82) is 0 Å². The highest BCUT2D eigenvalue weighted by Gasteiger charge is 1.92. The zero-order valence-corrected chi connectivity index (χ0v) is 17.1. The van der Waals surface area contributed by atoms with E-state index in [9.17, 15) is 0 Å². The first kappa shape index (κ1) is 23.1. The SMILES string of the molecule is COP(C)OC.COP(C)OC.c1ccc(-c2ccccc2)cc1. The lowest BCUT2D eigenvalue weighted by Gasteiger charge is -2.01. The van der Waals surface area contributed by atoms with Gasteiger partial charge in [0, 0.05) is 41.8 Å². The van der Waals surface area contributed by atoms with Crippen molar-refractivity contribution < 1.29 is 18.1 Å². The minimum Gasteiger partial charge on any atom is -0.338 e. The van der Waals surface area contributed by atoms with Crippen LogP contribution in [0.15, 0.2) is 60.7 Å². The van der Waals surface area contributed by atoms with Gasteiger partial charge in [-0.1, -0.05) is 60.7 Å². The van der Waals surface area contributed by atoms with Crippen LogP contribution in [0.25, 0.3) is 11.1 Å². The van der Waals surface area contributed by atoms with Gasteiger partial charge in [0.2, 0.25) is 0 Å². The van der Waals surface area contributed by atoms with Crippen molar-refractivity contribution in [2.45, 2.75) is 0 Å². The van der Waals surface area contributed by atoms with Crippen molar-refractivity contribution in [3.05, 3.63) is 60.7 Å². The molecule has 0 bridgehead atoms. The predicted octanol–water partition coefficient (Wildman–Crippen LogP) is 5.80. The zero-order chi connectivity index (χ0) is 18.2. The summed E-state index contributed by atoms with van der Waals surface area (Å²) in [6.07, 6.45) is 0. The largest absolute Gasteiger partial charge is 0.338 e. The molecule has 134 valence electrons. The molecule has 0 fully saturated rings. The minimum absolute atomic E-state index is 0.576. The molecular weight excluding hydrogens is 342 g/mol. The standard InChI is InChI=1S/C12H10.2C3H9O2P/c1-3-7-11(8-4-1)12-9-5-2-6-10-12;2*1-4-6(3)5-2/h1-10H;2*1-3H3. The van der Waals surface area contributed by atoms with Crippen molar-refractivity contribution in [3.63, 3.8) is 0 Å². The summed E-state index contributed by atoms with van der Waals surface area (Å²) in [5.74, 6) is 0. The Morgan fingerprint density at radius 1 is 0.500 bits per heavy atom. The fourth-order valence-corrected chi connectivity index (χ4v) is 1.71. The van der Waals surface area contributed by atoms with Crippen LogP contribution >= 0.6 is 16.8 Å². The van der Waals surface area contributed by atoms with Gasteiger partial charge in [-0.3, -0.25) is 0 Å². The molecule has 0 aliphatic rings. The Kier molecular flexibility index (Phi) is 15.1. The summed E-state index contributed by atoms with van der Waals surface area (Å²) < 4.78 is 19.0. The molecule has 0 radical (unpaired) electrons. The monoisotopic (exact) mass is 370 g/mol. The summed E-state index contributed by atoms with van der Waals surface area (Å²) in [5, 5.41) is 0. The van der Waals surface area contributed by atoms with Crippen LogP contribution in [-0.4, -0.2) is 41.8 Å². The fraction of sp³-hybridized carbons (Fsp3) is 0.333. The number of hydrogen-bond donors (Lipinski definition) is 0. The first-order chi connectivity index (χ1) is 11.6. The third-order valence-electron chi connectivity index (χ3n) is 2.91. The molecule has 0 aliphatic carbocycles. The van der Waals surface area contributed by atoms with E-state index in [2.05, 4.69) is 48.5 Å². The molecule has 0 aromatic heterocycles. The highest BCUT2D eigenvalue weighted by molar-refractivity contribution is 7.46. The molecule has 0 unspecified atom stereocenters. The Morgan fingerprint density at radius 2 is 0.750 bits per heavy atom. The highest BCUT2D eigenvalue weighted by atomic mass is 31.2. The third-order valence-corrected chi connectivity index (χ3v) is 4.97. The second-order valence-corrected chi connectivity index (χ2v) is 7.56. The summed E-state index contributed by atoms with van der Waals surface area (Å²) >= 11 is 0. The van der Waals surface area contributed by atoms with Gasteiger partial charge in [-0.25, -0.2) is 0 Å². The maximum atomic E-state index is 4.74. The van der Waals surface area contributed by atoms with E-state index < -0.39 is 16.8 Å². The van der Waals surface area contributed by atoms with Gasteiger partial charge in [-0.05, 0) is 11.1 Å². The molecule has 0 spiro atoms. The van der Waals surface area contributed by atoms with Gasteiger partial charge in [-0.2, -0.15) is 0 Å². The molecule has 0 aliphatic heterocycles. The van der Waals surface area contributed by atoms with Crippen LogP contribution < -0.4 is 0 Å². The van der Waals surface area contributed by atoms with E-state index >= 15 is 0 Å². The van der Waals surface area contributed by atoms with Gasteiger partial charge in [0.25, 0.3) is 0 Å². The first-order valence-corrected chi connectivity index (χ1v) is 10.6. The van der Waals surface area contributed by atoms with Gasteiger partial charge in [0.05, 0.1) is 0 Å². The average Bonchev–Trinajstić information content (AvgIpc) is 2.69. The number of benzene rings is 2. The van der Waals surface area contributed by atoms with Crippen LogP contribution in [0.5, 0.6) is 0 Å². The fourth-order valence-electron chi connectivity index (χ4n) is 1.41. The second kappa shape index (κ2) is 15.7. The molecule has 0 saturated heterocycles. The minimum atomic E-state index is -0.576. The molecule has 0 amide bonds. The Labute approximate surface area is 148 Å². The summed E-state index contributed by atoms with van der Waals surface area (Å²) in [7, 11) is 5.38. The van der Waals surface area contributed by atoms with Crippen LogP contribution in [0.1, 0.15) is 0 Å². The quantitative estimate of drug-likeness (QED) is 0.624. The molecule has 2 aromatic rings. The van der Waals surface area contributed by atoms with E-state index in [1.807, 2.05) is 25.5 Å². The van der Waals surface area contributed by atoms with Crippen molar-refractivity contribution in [1.82, 2.24) is 0 Å². The summed E-state index contributed by atoms with van der Waals surface area (Å²) in [6, 6.07) is 20.8. The molecule has 0 saturated carbocycles. The number of rotatable bonds is 5.